The molecule has 2 aromatic carbocycles. The van der Waals surface area contributed by atoms with Gasteiger partial charge < -0.3 is 0 Å². The Labute approximate surface area is 153 Å². The summed E-state index contributed by atoms with van der Waals surface area (Å²) in [5.74, 6) is -0.972. The maximum Gasteiger partial charge on any atom is 0.416 e. The molecule has 0 N–H and O–H groups in total. The number of benzene rings is 2. The summed E-state index contributed by atoms with van der Waals surface area (Å²) in [6.45, 7) is 0.910. The zero-order valence-electron chi connectivity index (χ0n) is 14.1. The Bertz CT molecular complexity index is 1000. The van der Waals surface area contributed by atoms with E-state index in [0.717, 1.165) is 34.6 Å². The summed E-state index contributed by atoms with van der Waals surface area (Å²) in [6, 6.07) is 6.50. The van der Waals surface area contributed by atoms with E-state index in [1.165, 1.54) is 19.1 Å². The lowest BCUT2D eigenvalue weighted by Crippen LogP contribution is -2.29. The predicted octanol–water partition coefficient (Wildman–Crippen LogP) is 4.07. The van der Waals surface area contributed by atoms with Crippen LogP contribution in [0, 0.1) is 5.82 Å². The number of ketones is 1. The topological polar surface area (TPSA) is 54.5 Å². The molecule has 4 nitrogen and oxygen atoms in total. The van der Waals surface area contributed by atoms with Gasteiger partial charge in [0.15, 0.2) is 0 Å². The average Bonchev–Trinajstić information content (AvgIpc) is 2.75. The molecule has 1 aliphatic heterocycles. The van der Waals surface area contributed by atoms with Gasteiger partial charge in [0.05, 0.1) is 16.5 Å². The number of hydrogen-bond acceptors (Lipinski definition) is 3. The molecule has 144 valence electrons. The molecule has 1 heterocycles. The number of alkyl halides is 3. The van der Waals surface area contributed by atoms with Crippen LogP contribution in [0.5, 0.6) is 0 Å². The first kappa shape index (κ1) is 19.5. The molecule has 3 rings (SSSR count). The second-order valence-corrected chi connectivity index (χ2v) is 8.21. The molecule has 9 heteroatoms. The van der Waals surface area contributed by atoms with E-state index >= 15 is 0 Å². The molecule has 0 aromatic heterocycles. The van der Waals surface area contributed by atoms with Crippen LogP contribution in [0.4, 0.5) is 17.6 Å². The lowest BCUT2D eigenvalue weighted by molar-refractivity contribution is -0.137. The summed E-state index contributed by atoms with van der Waals surface area (Å²) < 4.78 is 79.0. The lowest BCUT2D eigenvalue weighted by Gasteiger charge is -2.23. The highest BCUT2D eigenvalue weighted by Crippen LogP contribution is 2.43. The van der Waals surface area contributed by atoms with Gasteiger partial charge in [-0.05, 0) is 42.3 Å². The minimum Gasteiger partial charge on any atom is -0.300 e. The molecule has 0 bridgehead atoms. The Morgan fingerprint density at radius 3 is 2.48 bits per heavy atom. The van der Waals surface area contributed by atoms with Gasteiger partial charge in [-0.3, -0.25) is 4.79 Å². The van der Waals surface area contributed by atoms with E-state index < -0.39 is 33.6 Å². The third kappa shape index (κ3) is 3.74. The molecule has 0 spiro atoms. The lowest BCUT2D eigenvalue weighted by atomic mass is 10.0. The Kier molecular flexibility index (Phi) is 4.85. The fraction of sp³-hybridized carbons (Fsp3) is 0.278. The van der Waals surface area contributed by atoms with Crippen molar-refractivity contribution < 1.29 is 30.8 Å². The van der Waals surface area contributed by atoms with Gasteiger partial charge in [-0.15, -0.1) is 0 Å². The third-order valence-electron chi connectivity index (χ3n) is 4.34. The van der Waals surface area contributed by atoms with Crippen LogP contribution in [0.2, 0.25) is 0 Å². The van der Waals surface area contributed by atoms with Gasteiger partial charge in [0.2, 0.25) is 10.0 Å². The van der Waals surface area contributed by atoms with Crippen molar-refractivity contribution in [3.63, 3.8) is 0 Å². The van der Waals surface area contributed by atoms with Crippen molar-refractivity contribution in [3.8, 4) is 0 Å². The van der Waals surface area contributed by atoms with Gasteiger partial charge in [0.1, 0.15) is 11.6 Å². The molecule has 27 heavy (non-hydrogen) atoms. The number of nitrogens with zero attached hydrogens (tertiary/aromatic N) is 1. The van der Waals surface area contributed by atoms with Gasteiger partial charge in [0.25, 0.3) is 0 Å². The first-order valence-corrected chi connectivity index (χ1v) is 9.41. The summed E-state index contributed by atoms with van der Waals surface area (Å²) >= 11 is 0. The number of carbonyl (C=O) groups excluding carboxylic acids is 1. The van der Waals surface area contributed by atoms with Crippen LogP contribution in [-0.4, -0.2) is 18.5 Å². The average molecular weight is 401 g/mol. The Morgan fingerprint density at radius 2 is 1.85 bits per heavy atom. The van der Waals surface area contributed by atoms with E-state index in [2.05, 4.69) is 0 Å². The smallest absolute Gasteiger partial charge is 0.300 e. The van der Waals surface area contributed by atoms with Crippen molar-refractivity contribution >= 4 is 15.8 Å². The van der Waals surface area contributed by atoms with Gasteiger partial charge in [-0.25, -0.2) is 12.8 Å². The Hall–Kier alpha value is -2.26. The summed E-state index contributed by atoms with van der Waals surface area (Å²) in [4.78, 5) is 11.5. The molecule has 0 aliphatic carbocycles. The first-order valence-electron chi connectivity index (χ1n) is 7.97. The van der Waals surface area contributed by atoms with E-state index in [1.54, 1.807) is 0 Å². The molecule has 0 amide bonds. The molecular formula is C18H15F4NO3S. The number of Topliss-reactive ketones (excluding diaryl/α,β-unsaturated/α-hetero) is 1. The second kappa shape index (κ2) is 6.72. The standard InChI is InChI=1S/C18H15F4NO3S/c1-11(24)7-16-15-9-14(19)5-6-17(15)27(25,26)23(16)10-12-3-2-4-13(8-12)18(20,21)22/h2-6,8-9,16H,7,10H2,1H3/t16-/m0/s1. The highest BCUT2D eigenvalue weighted by atomic mass is 32.2. The van der Waals surface area contributed by atoms with Crippen LogP contribution in [0.1, 0.15) is 36.1 Å². The van der Waals surface area contributed by atoms with Crippen LogP contribution in [0.15, 0.2) is 47.4 Å². The minimum absolute atomic E-state index is 0.121. The zero-order valence-corrected chi connectivity index (χ0v) is 14.9. The number of sulfonamides is 1. The van der Waals surface area contributed by atoms with Crippen molar-refractivity contribution in [2.24, 2.45) is 0 Å². The zero-order chi connectivity index (χ0) is 20.0. The number of rotatable bonds is 4. The summed E-state index contributed by atoms with van der Waals surface area (Å²) in [5.41, 5.74) is -0.643. The Morgan fingerprint density at radius 1 is 1.15 bits per heavy atom. The van der Waals surface area contributed by atoms with E-state index in [4.69, 9.17) is 0 Å². The number of halogens is 4. The maximum absolute atomic E-state index is 13.6. The van der Waals surface area contributed by atoms with Gasteiger partial charge in [-0.1, -0.05) is 18.2 Å². The third-order valence-corrected chi connectivity index (χ3v) is 6.27. The van der Waals surface area contributed by atoms with E-state index in [0.29, 0.717) is 0 Å². The molecule has 0 fully saturated rings. The van der Waals surface area contributed by atoms with Crippen molar-refractivity contribution in [2.45, 2.75) is 37.0 Å². The maximum atomic E-state index is 13.6. The fourth-order valence-electron chi connectivity index (χ4n) is 3.17. The molecule has 2 aromatic rings. The fourth-order valence-corrected chi connectivity index (χ4v) is 5.00. The quantitative estimate of drug-likeness (QED) is 0.726. The van der Waals surface area contributed by atoms with Crippen LogP contribution < -0.4 is 0 Å². The molecule has 0 saturated heterocycles. The minimum atomic E-state index is -4.56. The largest absolute Gasteiger partial charge is 0.416 e. The molecule has 0 unspecified atom stereocenters. The van der Waals surface area contributed by atoms with Crippen LogP contribution in [0.3, 0.4) is 0 Å². The second-order valence-electron chi connectivity index (χ2n) is 6.35. The van der Waals surface area contributed by atoms with E-state index in [-0.39, 0.29) is 34.8 Å². The van der Waals surface area contributed by atoms with Crippen molar-refractivity contribution in [3.05, 3.63) is 65.0 Å². The van der Waals surface area contributed by atoms with Crippen molar-refractivity contribution in [1.29, 1.82) is 0 Å². The Balaban J connectivity index is 2.05. The molecule has 0 saturated carbocycles. The number of fused-ring (bicyclic) bond motifs is 1. The summed E-state index contributed by atoms with van der Waals surface area (Å²) in [5, 5.41) is 0. The number of hydrogen-bond donors (Lipinski definition) is 0. The molecular weight excluding hydrogens is 386 g/mol. The van der Waals surface area contributed by atoms with E-state index in [1.807, 2.05) is 0 Å². The monoisotopic (exact) mass is 401 g/mol. The molecule has 1 atom stereocenters. The van der Waals surface area contributed by atoms with Crippen LogP contribution >= 0.6 is 0 Å². The SMILES string of the molecule is CC(=O)C[C@H]1c2cc(F)ccc2S(=O)(=O)N1Cc1cccc(C(F)(F)F)c1. The van der Waals surface area contributed by atoms with Crippen molar-refractivity contribution in [1.82, 2.24) is 4.31 Å². The highest BCUT2D eigenvalue weighted by Gasteiger charge is 2.43. The van der Waals surface area contributed by atoms with Gasteiger partial charge >= 0.3 is 6.18 Å². The predicted molar refractivity (Wildman–Crippen MR) is 88.6 cm³/mol. The van der Waals surface area contributed by atoms with Crippen molar-refractivity contribution in [2.75, 3.05) is 0 Å². The first-order chi connectivity index (χ1) is 12.5. The van der Waals surface area contributed by atoms with Gasteiger partial charge in [-0.2, -0.15) is 17.5 Å². The normalized spacial score (nSPS) is 19.1. The molecule has 0 radical (unpaired) electrons. The van der Waals surface area contributed by atoms with Gasteiger partial charge in [0, 0.05) is 13.0 Å². The van der Waals surface area contributed by atoms with E-state index in [9.17, 15) is 30.8 Å². The van der Waals surface area contributed by atoms with Crippen LogP contribution in [0.25, 0.3) is 0 Å². The molecule has 1 aliphatic rings. The summed E-state index contributed by atoms with van der Waals surface area (Å²) in [7, 11) is -4.07. The summed E-state index contributed by atoms with van der Waals surface area (Å²) in [6.07, 6.45) is -4.76. The van der Waals surface area contributed by atoms with Crippen LogP contribution in [-0.2, 0) is 27.5 Å². The number of carbonyl (C=O) groups is 1. The highest BCUT2D eigenvalue weighted by molar-refractivity contribution is 7.89.